The Morgan fingerprint density at radius 2 is 1.85 bits per heavy atom. The third-order valence-electron chi connectivity index (χ3n) is 4.73. The molecule has 0 saturated carbocycles. The van der Waals surface area contributed by atoms with E-state index in [2.05, 4.69) is 15.6 Å². The van der Waals surface area contributed by atoms with Crippen LogP contribution >= 0.6 is 0 Å². The number of aryl methyl sites for hydroxylation is 1. The molecule has 3 amide bonds. The third kappa shape index (κ3) is 3.35. The van der Waals surface area contributed by atoms with Crippen molar-refractivity contribution in [2.24, 2.45) is 10.9 Å². The van der Waals surface area contributed by atoms with Crippen molar-refractivity contribution in [2.75, 3.05) is 5.32 Å². The molecule has 6 heteroatoms. The maximum absolute atomic E-state index is 14.3. The standard InChI is InChI=1S/C20H20FN3O2/c1-11-7-6-10-16(12(11)2)23-19(25)17-13(3)22-20(26)24-18(17)14-8-4-5-9-15(14)21/h4-10,17-18H,1-3H3,(H,23,25)(H,24,26). The Morgan fingerprint density at radius 3 is 2.58 bits per heavy atom. The normalized spacial score (nSPS) is 19.5. The molecule has 1 aliphatic rings. The molecule has 26 heavy (non-hydrogen) atoms. The summed E-state index contributed by atoms with van der Waals surface area (Å²) in [7, 11) is 0. The molecule has 2 unspecified atom stereocenters. The number of nitrogens with zero attached hydrogens (tertiary/aromatic N) is 1. The van der Waals surface area contributed by atoms with Gasteiger partial charge in [-0.1, -0.05) is 30.3 Å². The van der Waals surface area contributed by atoms with Crippen molar-refractivity contribution in [1.82, 2.24) is 5.32 Å². The molecule has 0 spiro atoms. The zero-order valence-electron chi connectivity index (χ0n) is 14.8. The van der Waals surface area contributed by atoms with Crippen LogP contribution in [0.4, 0.5) is 14.9 Å². The molecule has 5 nitrogen and oxygen atoms in total. The first kappa shape index (κ1) is 17.8. The van der Waals surface area contributed by atoms with Crippen LogP contribution < -0.4 is 10.6 Å². The van der Waals surface area contributed by atoms with E-state index in [9.17, 15) is 14.0 Å². The molecular formula is C20H20FN3O2. The number of nitrogens with one attached hydrogen (secondary N) is 2. The maximum atomic E-state index is 14.3. The Labute approximate surface area is 151 Å². The Bertz CT molecular complexity index is 908. The van der Waals surface area contributed by atoms with Gasteiger partial charge >= 0.3 is 6.03 Å². The zero-order chi connectivity index (χ0) is 18.8. The van der Waals surface area contributed by atoms with Crippen LogP contribution in [0, 0.1) is 25.6 Å². The molecule has 134 valence electrons. The molecule has 2 N–H and O–H groups in total. The largest absolute Gasteiger partial charge is 0.341 e. The molecule has 2 aromatic rings. The Balaban J connectivity index is 1.97. The number of hydrogen-bond acceptors (Lipinski definition) is 2. The van der Waals surface area contributed by atoms with Crippen molar-refractivity contribution in [3.8, 4) is 0 Å². The molecule has 2 atom stereocenters. The molecule has 3 rings (SSSR count). The van der Waals surface area contributed by atoms with E-state index in [0.717, 1.165) is 11.1 Å². The molecule has 0 saturated heterocycles. The average molecular weight is 353 g/mol. The lowest BCUT2D eigenvalue weighted by Crippen LogP contribution is -2.45. The number of urea groups is 1. The fraction of sp³-hybridized carbons (Fsp3) is 0.250. The maximum Gasteiger partial charge on any atom is 0.341 e. The van der Waals surface area contributed by atoms with E-state index in [1.807, 2.05) is 32.0 Å². The van der Waals surface area contributed by atoms with Crippen molar-refractivity contribution in [3.63, 3.8) is 0 Å². The van der Waals surface area contributed by atoms with Crippen molar-refractivity contribution in [2.45, 2.75) is 26.8 Å². The molecule has 0 bridgehead atoms. The van der Waals surface area contributed by atoms with Crippen molar-refractivity contribution in [3.05, 3.63) is 65.0 Å². The molecule has 0 fully saturated rings. The summed E-state index contributed by atoms with van der Waals surface area (Å²) < 4.78 is 14.3. The van der Waals surface area contributed by atoms with E-state index in [1.54, 1.807) is 25.1 Å². The number of amides is 3. The first-order chi connectivity index (χ1) is 12.4. The van der Waals surface area contributed by atoms with E-state index in [4.69, 9.17) is 0 Å². The van der Waals surface area contributed by atoms with E-state index in [1.165, 1.54) is 6.07 Å². The number of rotatable bonds is 3. The van der Waals surface area contributed by atoms with Crippen LogP contribution in [0.5, 0.6) is 0 Å². The summed E-state index contributed by atoms with van der Waals surface area (Å²) in [6.07, 6.45) is 0. The Hall–Kier alpha value is -3.02. The topological polar surface area (TPSA) is 70.6 Å². The number of aliphatic imine (C=N–C) groups is 1. The first-order valence-electron chi connectivity index (χ1n) is 8.35. The molecule has 0 aliphatic carbocycles. The number of anilines is 1. The minimum absolute atomic E-state index is 0.260. The number of halogens is 1. The summed E-state index contributed by atoms with van der Waals surface area (Å²) in [5, 5.41) is 5.51. The minimum Gasteiger partial charge on any atom is -0.328 e. The summed E-state index contributed by atoms with van der Waals surface area (Å²) in [5.74, 6) is -1.62. The Kier molecular flexibility index (Phi) is 4.84. The van der Waals surface area contributed by atoms with Gasteiger partial charge in [-0.05, 0) is 44.0 Å². The number of carbonyl (C=O) groups is 2. The highest BCUT2D eigenvalue weighted by Crippen LogP contribution is 2.30. The van der Waals surface area contributed by atoms with Gasteiger partial charge in [0, 0.05) is 17.0 Å². The van der Waals surface area contributed by atoms with Crippen LogP contribution in [-0.2, 0) is 4.79 Å². The summed E-state index contributed by atoms with van der Waals surface area (Å²) >= 11 is 0. The fourth-order valence-corrected chi connectivity index (χ4v) is 3.14. The van der Waals surface area contributed by atoms with Crippen molar-refractivity contribution >= 4 is 23.3 Å². The lowest BCUT2D eigenvalue weighted by Gasteiger charge is -2.30. The third-order valence-corrected chi connectivity index (χ3v) is 4.73. The fourth-order valence-electron chi connectivity index (χ4n) is 3.14. The average Bonchev–Trinajstić information content (AvgIpc) is 2.58. The monoisotopic (exact) mass is 353 g/mol. The SMILES string of the molecule is CC1=NC(=O)NC(c2ccccc2F)C1C(=O)Nc1cccc(C)c1C. The van der Waals surface area contributed by atoms with E-state index >= 15 is 0 Å². The van der Waals surface area contributed by atoms with Crippen LogP contribution in [0.2, 0.25) is 0 Å². The van der Waals surface area contributed by atoms with E-state index < -0.39 is 23.8 Å². The van der Waals surface area contributed by atoms with Gasteiger partial charge in [-0.25, -0.2) is 14.2 Å². The van der Waals surface area contributed by atoms with Crippen LogP contribution in [0.15, 0.2) is 47.5 Å². The molecular weight excluding hydrogens is 333 g/mol. The molecule has 1 aliphatic heterocycles. The Morgan fingerprint density at radius 1 is 1.12 bits per heavy atom. The van der Waals surface area contributed by atoms with Crippen LogP contribution in [0.3, 0.4) is 0 Å². The number of hydrogen-bond donors (Lipinski definition) is 2. The molecule has 2 aromatic carbocycles. The smallest absolute Gasteiger partial charge is 0.328 e. The molecule has 1 heterocycles. The predicted molar refractivity (Wildman–Crippen MR) is 98.8 cm³/mol. The first-order valence-corrected chi connectivity index (χ1v) is 8.35. The quantitative estimate of drug-likeness (QED) is 0.878. The highest BCUT2D eigenvalue weighted by molar-refractivity contribution is 6.13. The lowest BCUT2D eigenvalue weighted by molar-refractivity contribution is -0.118. The van der Waals surface area contributed by atoms with Crippen molar-refractivity contribution < 1.29 is 14.0 Å². The molecule has 0 radical (unpaired) electrons. The second-order valence-electron chi connectivity index (χ2n) is 6.42. The van der Waals surface area contributed by atoms with Gasteiger partial charge in [0.25, 0.3) is 0 Å². The number of benzene rings is 2. The van der Waals surface area contributed by atoms with Crippen LogP contribution in [0.1, 0.15) is 29.7 Å². The minimum atomic E-state index is -0.814. The highest BCUT2D eigenvalue weighted by atomic mass is 19.1. The summed E-state index contributed by atoms with van der Waals surface area (Å²) in [4.78, 5) is 28.7. The van der Waals surface area contributed by atoms with Gasteiger partial charge in [0.15, 0.2) is 0 Å². The molecule has 0 aromatic heterocycles. The van der Waals surface area contributed by atoms with Gasteiger partial charge < -0.3 is 10.6 Å². The van der Waals surface area contributed by atoms with Gasteiger partial charge in [-0.15, -0.1) is 0 Å². The summed E-state index contributed by atoms with van der Waals surface area (Å²) in [5.41, 5.74) is 3.31. The van der Waals surface area contributed by atoms with Gasteiger partial charge in [0.05, 0.1) is 6.04 Å². The van der Waals surface area contributed by atoms with Gasteiger partial charge in [-0.2, -0.15) is 0 Å². The predicted octanol–water partition coefficient (Wildman–Crippen LogP) is 3.92. The van der Waals surface area contributed by atoms with Gasteiger partial charge in [-0.3, -0.25) is 4.79 Å². The van der Waals surface area contributed by atoms with Crippen LogP contribution in [0.25, 0.3) is 0 Å². The van der Waals surface area contributed by atoms with E-state index in [0.29, 0.717) is 11.4 Å². The second kappa shape index (κ2) is 7.07. The van der Waals surface area contributed by atoms with Gasteiger partial charge in [0.1, 0.15) is 11.7 Å². The van der Waals surface area contributed by atoms with E-state index in [-0.39, 0.29) is 11.5 Å². The zero-order valence-corrected chi connectivity index (χ0v) is 14.8. The summed E-state index contributed by atoms with van der Waals surface area (Å²) in [6, 6.07) is 10.3. The lowest BCUT2D eigenvalue weighted by atomic mass is 9.87. The second-order valence-corrected chi connectivity index (χ2v) is 6.42. The highest BCUT2D eigenvalue weighted by Gasteiger charge is 2.38. The van der Waals surface area contributed by atoms with Gasteiger partial charge in [0.2, 0.25) is 5.91 Å². The summed E-state index contributed by atoms with van der Waals surface area (Å²) in [6.45, 7) is 5.49. The van der Waals surface area contributed by atoms with Crippen LogP contribution in [-0.4, -0.2) is 17.6 Å². The number of carbonyl (C=O) groups excluding carboxylic acids is 2. The van der Waals surface area contributed by atoms with Crippen molar-refractivity contribution in [1.29, 1.82) is 0 Å².